The van der Waals surface area contributed by atoms with E-state index in [9.17, 15) is 4.79 Å². The smallest absolute Gasteiger partial charge is 0.330 e. The van der Waals surface area contributed by atoms with E-state index in [1.807, 2.05) is 37.4 Å². The van der Waals surface area contributed by atoms with E-state index < -0.39 is 0 Å². The quantitative estimate of drug-likeness (QED) is 0.608. The number of carbonyl (C=O) groups excluding carboxylic acids is 1. The number of rotatable bonds is 5. The molecule has 1 rings (SSSR count). The first-order chi connectivity index (χ1) is 7.77. The van der Waals surface area contributed by atoms with E-state index in [2.05, 4.69) is 5.32 Å². The van der Waals surface area contributed by atoms with Gasteiger partial charge in [0.05, 0.1) is 12.6 Å². The van der Waals surface area contributed by atoms with E-state index in [4.69, 9.17) is 4.74 Å². The van der Waals surface area contributed by atoms with Gasteiger partial charge in [0.25, 0.3) is 0 Å². The molecule has 0 saturated heterocycles. The molecule has 1 aromatic rings. The van der Waals surface area contributed by atoms with Crippen molar-refractivity contribution in [2.75, 3.05) is 13.7 Å². The van der Waals surface area contributed by atoms with E-state index >= 15 is 0 Å². The van der Waals surface area contributed by atoms with Crippen LogP contribution in [0.15, 0.2) is 42.5 Å². The summed E-state index contributed by atoms with van der Waals surface area (Å²) in [5, 5.41) is 3.12. The average Bonchev–Trinajstić information content (AvgIpc) is 2.31. The highest BCUT2D eigenvalue weighted by Gasteiger charge is 2.04. The minimum Gasteiger partial charge on any atom is -0.463 e. The normalized spacial score (nSPS) is 12.6. The fraction of sp³-hybridized carbons (Fsp3) is 0.308. The van der Waals surface area contributed by atoms with Gasteiger partial charge in [0, 0.05) is 6.08 Å². The van der Waals surface area contributed by atoms with Gasteiger partial charge in [-0.1, -0.05) is 36.4 Å². The van der Waals surface area contributed by atoms with Crippen molar-refractivity contribution in [2.24, 2.45) is 0 Å². The van der Waals surface area contributed by atoms with Gasteiger partial charge in [-0.2, -0.15) is 0 Å². The lowest BCUT2D eigenvalue weighted by Gasteiger charge is -2.11. The van der Waals surface area contributed by atoms with Crippen molar-refractivity contribution in [3.8, 4) is 0 Å². The highest BCUT2D eigenvalue weighted by molar-refractivity contribution is 5.82. The Morgan fingerprint density at radius 3 is 2.69 bits per heavy atom. The van der Waals surface area contributed by atoms with Gasteiger partial charge in [-0.3, -0.25) is 0 Å². The molecule has 1 aromatic carbocycles. The van der Waals surface area contributed by atoms with E-state index in [-0.39, 0.29) is 12.0 Å². The summed E-state index contributed by atoms with van der Waals surface area (Å²) in [5.41, 5.74) is 1.12. The van der Waals surface area contributed by atoms with E-state index in [1.54, 1.807) is 13.0 Å². The minimum absolute atomic E-state index is 0.0330. The van der Waals surface area contributed by atoms with Crippen LogP contribution in [0.3, 0.4) is 0 Å². The zero-order chi connectivity index (χ0) is 11.8. The van der Waals surface area contributed by atoms with Gasteiger partial charge in [0.1, 0.15) is 0 Å². The lowest BCUT2D eigenvalue weighted by Crippen LogP contribution is -2.14. The summed E-state index contributed by atoms with van der Waals surface area (Å²) < 4.78 is 4.82. The molecule has 0 aliphatic heterocycles. The molecule has 0 amide bonds. The number of nitrogens with one attached hydrogen (secondary N) is 1. The number of carbonyl (C=O) groups is 1. The predicted molar refractivity (Wildman–Crippen MR) is 64.0 cm³/mol. The van der Waals surface area contributed by atoms with Gasteiger partial charge in [-0.25, -0.2) is 4.79 Å². The van der Waals surface area contributed by atoms with Crippen molar-refractivity contribution in [3.05, 3.63) is 48.0 Å². The van der Waals surface area contributed by atoms with Crippen molar-refractivity contribution in [1.82, 2.24) is 5.32 Å². The maximum absolute atomic E-state index is 11.2. The summed E-state index contributed by atoms with van der Waals surface area (Å²) in [6.07, 6.45) is 3.25. The SMILES string of the molecule is CCOC(=O)/C=C/C(NC)c1ccccc1. The van der Waals surface area contributed by atoms with E-state index in [0.29, 0.717) is 6.61 Å². The highest BCUT2D eigenvalue weighted by Crippen LogP contribution is 2.12. The Morgan fingerprint density at radius 2 is 2.12 bits per heavy atom. The number of esters is 1. The van der Waals surface area contributed by atoms with Gasteiger partial charge >= 0.3 is 5.97 Å². The van der Waals surface area contributed by atoms with Crippen LogP contribution in [0.4, 0.5) is 0 Å². The Labute approximate surface area is 96.1 Å². The van der Waals surface area contributed by atoms with Crippen LogP contribution in [0.1, 0.15) is 18.5 Å². The van der Waals surface area contributed by atoms with Crippen LogP contribution >= 0.6 is 0 Å². The molecule has 1 unspecified atom stereocenters. The standard InChI is InChI=1S/C13H17NO2/c1-3-16-13(15)10-9-12(14-2)11-7-5-4-6-8-11/h4-10,12,14H,3H2,1-2H3/b10-9+. The van der Waals surface area contributed by atoms with Crippen molar-refractivity contribution in [3.63, 3.8) is 0 Å². The van der Waals surface area contributed by atoms with E-state index in [1.165, 1.54) is 6.08 Å². The average molecular weight is 219 g/mol. The molecule has 0 spiro atoms. The fourth-order valence-electron chi connectivity index (χ4n) is 1.40. The van der Waals surface area contributed by atoms with Crippen LogP contribution in [-0.2, 0) is 9.53 Å². The van der Waals surface area contributed by atoms with Gasteiger partial charge in [0.15, 0.2) is 0 Å². The third-order valence-electron chi connectivity index (χ3n) is 2.18. The Bertz CT molecular complexity index is 346. The van der Waals surface area contributed by atoms with Gasteiger partial charge in [0.2, 0.25) is 0 Å². The first kappa shape index (κ1) is 12.5. The first-order valence-electron chi connectivity index (χ1n) is 5.35. The Morgan fingerprint density at radius 1 is 1.44 bits per heavy atom. The lowest BCUT2D eigenvalue weighted by molar-refractivity contribution is -0.137. The second-order valence-electron chi connectivity index (χ2n) is 3.29. The molecule has 0 aliphatic carbocycles. The summed E-state index contributed by atoms with van der Waals surface area (Å²) in [5.74, 6) is -0.307. The number of hydrogen-bond acceptors (Lipinski definition) is 3. The molecule has 1 atom stereocenters. The van der Waals surface area contributed by atoms with Crippen LogP contribution < -0.4 is 5.32 Å². The zero-order valence-electron chi connectivity index (χ0n) is 9.64. The molecule has 0 aliphatic rings. The second-order valence-corrected chi connectivity index (χ2v) is 3.29. The van der Waals surface area contributed by atoms with Gasteiger partial charge < -0.3 is 10.1 Å². The monoisotopic (exact) mass is 219 g/mol. The molecule has 0 heterocycles. The summed E-state index contributed by atoms with van der Waals surface area (Å²) >= 11 is 0. The van der Waals surface area contributed by atoms with Gasteiger partial charge in [-0.05, 0) is 19.5 Å². The van der Waals surface area contributed by atoms with Crippen molar-refractivity contribution in [2.45, 2.75) is 13.0 Å². The third-order valence-corrected chi connectivity index (χ3v) is 2.18. The highest BCUT2D eigenvalue weighted by atomic mass is 16.5. The molecule has 3 heteroatoms. The molecule has 0 fully saturated rings. The molecule has 1 N–H and O–H groups in total. The molecular formula is C13H17NO2. The Hall–Kier alpha value is -1.61. The van der Waals surface area contributed by atoms with Crippen LogP contribution in [0.2, 0.25) is 0 Å². The largest absolute Gasteiger partial charge is 0.463 e. The molecule has 86 valence electrons. The fourth-order valence-corrected chi connectivity index (χ4v) is 1.40. The molecule has 3 nitrogen and oxygen atoms in total. The summed E-state index contributed by atoms with van der Waals surface area (Å²) in [6.45, 7) is 2.19. The maximum Gasteiger partial charge on any atom is 0.330 e. The third kappa shape index (κ3) is 3.87. The van der Waals surface area contributed by atoms with Gasteiger partial charge in [-0.15, -0.1) is 0 Å². The number of benzene rings is 1. The van der Waals surface area contributed by atoms with E-state index in [0.717, 1.165) is 5.56 Å². The molecule has 0 saturated carbocycles. The molecular weight excluding hydrogens is 202 g/mol. The second kappa shape index (κ2) is 6.80. The summed E-state index contributed by atoms with van der Waals surface area (Å²) in [4.78, 5) is 11.2. The lowest BCUT2D eigenvalue weighted by atomic mass is 10.1. The van der Waals surface area contributed by atoms with Crippen molar-refractivity contribution >= 4 is 5.97 Å². The molecule has 0 aromatic heterocycles. The first-order valence-corrected chi connectivity index (χ1v) is 5.35. The van der Waals surface area contributed by atoms with Crippen LogP contribution in [0, 0.1) is 0 Å². The number of likely N-dealkylation sites (N-methyl/N-ethyl adjacent to an activating group) is 1. The van der Waals surface area contributed by atoms with Crippen LogP contribution in [0.5, 0.6) is 0 Å². The predicted octanol–water partition coefficient (Wildman–Crippen LogP) is 2.07. The topological polar surface area (TPSA) is 38.3 Å². The molecule has 0 bridgehead atoms. The number of hydrogen-bond donors (Lipinski definition) is 1. The van der Waals surface area contributed by atoms with Crippen LogP contribution in [0.25, 0.3) is 0 Å². The summed E-state index contributed by atoms with van der Waals surface area (Å²) in [7, 11) is 1.85. The van der Waals surface area contributed by atoms with Crippen molar-refractivity contribution in [1.29, 1.82) is 0 Å². The summed E-state index contributed by atoms with van der Waals surface area (Å²) in [6, 6.07) is 9.96. The molecule has 0 radical (unpaired) electrons. The van der Waals surface area contributed by atoms with Crippen molar-refractivity contribution < 1.29 is 9.53 Å². The van der Waals surface area contributed by atoms with Crippen LogP contribution in [-0.4, -0.2) is 19.6 Å². The minimum atomic E-state index is -0.307. The Kier molecular flexibility index (Phi) is 5.29. The number of ether oxygens (including phenoxy) is 1. The Balaban J connectivity index is 2.66. The zero-order valence-corrected chi connectivity index (χ0v) is 9.64. The molecule has 16 heavy (non-hydrogen) atoms. The maximum atomic E-state index is 11.2.